The largest absolute Gasteiger partial charge is 0.391 e. The third-order valence-corrected chi connectivity index (χ3v) is 12.0. The van der Waals surface area contributed by atoms with Crippen molar-refractivity contribution in [1.82, 2.24) is 10.3 Å². The molecular weight excluding hydrogens is 583 g/mol. The van der Waals surface area contributed by atoms with E-state index in [1.54, 1.807) is 44.2 Å². The second-order valence-corrected chi connectivity index (χ2v) is 14.3. The molecular formula is C29H33N3O6S3. The van der Waals surface area contributed by atoms with Gasteiger partial charge in [0.05, 0.1) is 21.6 Å². The van der Waals surface area contributed by atoms with Gasteiger partial charge < -0.3 is 20.4 Å². The third-order valence-electron chi connectivity index (χ3n) is 7.05. The number of aliphatic hydroxyl groups excluding tert-OH is 1. The van der Waals surface area contributed by atoms with E-state index in [4.69, 9.17) is 4.84 Å². The van der Waals surface area contributed by atoms with Gasteiger partial charge in [0.25, 0.3) is 0 Å². The number of hydrogen-bond donors (Lipinski definition) is 3. The molecule has 2 aromatic rings. The lowest BCUT2D eigenvalue weighted by Crippen LogP contribution is -2.55. The number of nitrogens with zero attached hydrogens (tertiary/aromatic N) is 2. The van der Waals surface area contributed by atoms with Crippen LogP contribution in [-0.4, -0.2) is 52.6 Å². The summed E-state index contributed by atoms with van der Waals surface area (Å²) in [6.07, 6.45) is 7.43. The van der Waals surface area contributed by atoms with Crippen LogP contribution >= 0.6 is 22.1 Å². The molecule has 218 valence electrons. The number of amides is 1. The molecule has 3 heterocycles. The molecule has 12 heteroatoms. The van der Waals surface area contributed by atoms with Crippen LogP contribution in [0, 0.1) is 0 Å². The van der Waals surface area contributed by atoms with E-state index in [1.807, 2.05) is 35.7 Å². The van der Waals surface area contributed by atoms with Crippen LogP contribution in [0.3, 0.4) is 0 Å². The van der Waals surface area contributed by atoms with Crippen LogP contribution in [-0.2, 0) is 30.9 Å². The Labute approximate surface area is 249 Å². The zero-order valence-corrected chi connectivity index (χ0v) is 25.4. The maximum absolute atomic E-state index is 13.3. The number of benzene rings is 1. The molecule has 1 saturated heterocycles. The summed E-state index contributed by atoms with van der Waals surface area (Å²) in [5, 5.41) is 31.2. The van der Waals surface area contributed by atoms with Gasteiger partial charge in [-0.3, -0.25) is 9.59 Å². The topological polar surface area (TPSA) is 138 Å². The summed E-state index contributed by atoms with van der Waals surface area (Å²) in [7, 11) is -1.30. The standard InChI is InChI=1S/C29H33N3O6S3/c1-19-13-14-29(28(3,36)27(35)40-41(29)37)16-25(34)30-20(2)26-31-22(18-39-26)11-7-8-12-23(24(33)15-19)32-38-17-21-9-5-4-6-10-21/h4-12,15,18,20,24,33,36H,13-14,16-17H2,1-3H3,(H,30,34)/b11-7-,12-8+,19-15+,32-23+/t20-,24-,28+,29-,41?/m1/s1. The van der Waals surface area contributed by atoms with E-state index >= 15 is 0 Å². The number of nitrogens with one attached hydrogen (secondary N) is 1. The second kappa shape index (κ2) is 13.4. The number of aliphatic hydroxyl groups is 2. The van der Waals surface area contributed by atoms with E-state index in [1.165, 1.54) is 18.3 Å². The van der Waals surface area contributed by atoms with Crippen LogP contribution in [0.5, 0.6) is 0 Å². The van der Waals surface area contributed by atoms with Gasteiger partial charge in [0.2, 0.25) is 11.0 Å². The minimum absolute atomic E-state index is 0.0825. The predicted molar refractivity (Wildman–Crippen MR) is 163 cm³/mol. The van der Waals surface area contributed by atoms with E-state index in [2.05, 4.69) is 15.5 Å². The van der Waals surface area contributed by atoms with Gasteiger partial charge in [0.15, 0.2) is 0 Å². The van der Waals surface area contributed by atoms with Gasteiger partial charge in [-0.05, 0) is 51.3 Å². The Bertz CT molecular complexity index is 1420. The van der Waals surface area contributed by atoms with Crippen molar-refractivity contribution >= 4 is 54.8 Å². The number of thiazole rings is 1. The monoisotopic (exact) mass is 615 g/mol. The molecule has 2 aliphatic heterocycles. The van der Waals surface area contributed by atoms with Crippen molar-refractivity contribution in [3.8, 4) is 0 Å². The van der Waals surface area contributed by atoms with E-state index in [9.17, 15) is 24.0 Å². The highest BCUT2D eigenvalue weighted by molar-refractivity contribution is 8.76. The van der Waals surface area contributed by atoms with Crippen LogP contribution in [0.15, 0.2) is 70.7 Å². The average Bonchev–Trinajstić information content (AvgIpc) is 3.46. The summed E-state index contributed by atoms with van der Waals surface area (Å²) in [5.74, 6) is -0.440. The molecule has 1 unspecified atom stereocenters. The van der Waals surface area contributed by atoms with Gasteiger partial charge >= 0.3 is 0 Å². The highest BCUT2D eigenvalue weighted by Crippen LogP contribution is 2.50. The van der Waals surface area contributed by atoms with Crippen LogP contribution in [0.25, 0.3) is 6.08 Å². The molecule has 0 radical (unpaired) electrons. The molecule has 1 spiro atoms. The maximum Gasteiger partial charge on any atom is 0.234 e. The Morgan fingerprint density at radius 1 is 1.22 bits per heavy atom. The first-order valence-electron chi connectivity index (χ1n) is 13.1. The Hall–Kier alpha value is -2.90. The van der Waals surface area contributed by atoms with Crippen LogP contribution in [0.4, 0.5) is 0 Å². The van der Waals surface area contributed by atoms with E-state index in [0.29, 0.717) is 27.1 Å². The molecule has 3 N–H and O–H groups in total. The second-order valence-electron chi connectivity index (χ2n) is 10.2. The number of oxime groups is 1. The summed E-state index contributed by atoms with van der Waals surface area (Å²) >= 11 is 1.38. The third kappa shape index (κ3) is 7.31. The molecule has 1 amide bonds. The number of carbonyl (C=O) groups excluding carboxylic acids is 2. The minimum atomic E-state index is -1.98. The van der Waals surface area contributed by atoms with Crippen molar-refractivity contribution in [2.24, 2.45) is 5.16 Å². The molecule has 1 aromatic carbocycles. The first kappa shape index (κ1) is 31.0. The van der Waals surface area contributed by atoms with E-state index in [0.717, 1.165) is 5.56 Å². The number of aromatic nitrogens is 1. The maximum atomic E-state index is 13.3. The summed E-state index contributed by atoms with van der Waals surface area (Å²) < 4.78 is 11.8. The first-order chi connectivity index (χ1) is 19.5. The van der Waals surface area contributed by atoms with Gasteiger partial charge in [-0.1, -0.05) is 59.3 Å². The van der Waals surface area contributed by atoms with Crippen molar-refractivity contribution < 1.29 is 28.8 Å². The number of hydrogen-bond acceptors (Lipinski definition) is 10. The van der Waals surface area contributed by atoms with Gasteiger partial charge in [-0.15, -0.1) is 11.3 Å². The van der Waals surface area contributed by atoms with Crippen molar-refractivity contribution in [3.05, 3.63) is 81.9 Å². The summed E-state index contributed by atoms with van der Waals surface area (Å²) in [4.78, 5) is 35.9. The Kier molecular flexibility index (Phi) is 10.1. The lowest BCUT2D eigenvalue weighted by atomic mass is 9.81. The van der Waals surface area contributed by atoms with Crippen molar-refractivity contribution in [2.75, 3.05) is 0 Å². The molecule has 2 aliphatic rings. The molecule has 0 aliphatic carbocycles. The number of allylic oxidation sites excluding steroid dienone is 3. The average molecular weight is 616 g/mol. The van der Waals surface area contributed by atoms with Crippen molar-refractivity contribution in [1.29, 1.82) is 0 Å². The van der Waals surface area contributed by atoms with Gasteiger partial charge in [0.1, 0.15) is 33.8 Å². The number of rotatable bonds is 3. The molecule has 5 atom stereocenters. The summed E-state index contributed by atoms with van der Waals surface area (Å²) in [6.45, 7) is 5.12. The van der Waals surface area contributed by atoms with E-state index < -0.39 is 43.3 Å². The SMILES string of the molecule is C/C1=C\[C@@H](O)C(=N/OCc2ccccc2)/C=C/C=C\c2csc(n2)[C@@H](C)NC(=O)C[C@@]2(CC1)S(=O)SC(=O)[C@]2(C)O. The fourth-order valence-corrected chi connectivity index (χ4v) is 9.24. The normalized spacial score (nSPS) is 33.4. The van der Waals surface area contributed by atoms with Gasteiger partial charge in [-0.25, -0.2) is 9.19 Å². The summed E-state index contributed by atoms with van der Waals surface area (Å²) in [6, 6.07) is 9.10. The fraction of sp³-hybridized carbons (Fsp3) is 0.379. The van der Waals surface area contributed by atoms with Crippen molar-refractivity contribution in [3.63, 3.8) is 0 Å². The Morgan fingerprint density at radius 2 is 1.95 bits per heavy atom. The molecule has 1 aromatic heterocycles. The zero-order chi connectivity index (χ0) is 29.6. The van der Waals surface area contributed by atoms with E-state index in [-0.39, 0.29) is 31.6 Å². The molecule has 9 nitrogen and oxygen atoms in total. The van der Waals surface area contributed by atoms with Crippen molar-refractivity contribution in [2.45, 2.75) is 69.1 Å². The lowest BCUT2D eigenvalue weighted by Gasteiger charge is -2.36. The Morgan fingerprint density at radius 3 is 2.66 bits per heavy atom. The van der Waals surface area contributed by atoms with Crippen LogP contribution in [0.1, 0.15) is 62.3 Å². The van der Waals surface area contributed by atoms with Gasteiger partial charge in [0, 0.05) is 22.6 Å². The predicted octanol–water partition coefficient (Wildman–Crippen LogP) is 4.38. The quantitative estimate of drug-likeness (QED) is 0.263. The zero-order valence-electron chi connectivity index (χ0n) is 23.0. The first-order valence-corrected chi connectivity index (χ1v) is 16.4. The highest BCUT2D eigenvalue weighted by Gasteiger charge is 2.63. The minimum Gasteiger partial charge on any atom is -0.391 e. The highest BCUT2D eigenvalue weighted by atomic mass is 33.1. The molecule has 4 rings (SSSR count). The molecule has 1 fully saturated rings. The lowest BCUT2D eigenvalue weighted by molar-refractivity contribution is -0.132. The van der Waals surface area contributed by atoms with Gasteiger partial charge in [-0.2, -0.15) is 0 Å². The fourth-order valence-electron chi connectivity index (χ4n) is 4.50. The molecule has 0 saturated carbocycles. The Balaban J connectivity index is 1.67. The van der Waals surface area contributed by atoms with Crippen LogP contribution in [0.2, 0.25) is 0 Å². The smallest absolute Gasteiger partial charge is 0.234 e. The number of fused-ring (bicyclic) bond motifs is 2. The van der Waals surface area contributed by atoms with Crippen LogP contribution < -0.4 is 5.32 Å². The number of carbonyl (C=O) groups is 2. The summed E-state index contributed by atoms with van der Waals surface area (Å²) in [5.41, 5.74) is 0.592. The molecule has 41 heavy (non-hydrogen) atoms. The molecule has 2 bridgehead atoms.